The SMILES string of the molecule is CCNC(=NCC(C)(C)NC(=O)OC(C)(C)C)NCCCOCC. The third-order valence-electron chi connectivity index (χ3n) is 2.78. The normalized spacial score (nSPS) is 12.7. The van der Waals surface area contributed by atoms with E-state index in [1.807, 2.05) is 48.5 Å². The molecule has 0 heterocycles. The van der Waals surface area contributed by atoms with Crippen molar-refractivity contribution in [1.82, 2.24) is 16.0 Å². The summed E-state index contributed by atoms with van der Waals surface area (Å²) in [6.45, 7) is 16.8. The Morgan fingerprint density at radius 3 is 2.29 bits per heavy atom. The highest BCUT2D eigenvalue weighted by Crippen LogP contribution is 2.09. The molecule has 0 atom stereocenters. The molecule has 0 aromatic carbocycles. The third kappa shape index (κ3) is 13.0. The molecule has 0 aromatic rings. The largest absolute Gasteiger partial charge is 0.444 e. The highest BCUT2D eigenvalue weighted by molar-refractivity contribution is 5.79. The second-order valence-electron chi connectivity index (χ2n) is 7.18. The molecule has 0 aromatic heterocycles. The molecule has 3 N–H and O–H groups in total. The van der Waals surface area contributed by atoms with Gasteiger partial charge < -0.3 is 25.4 Å². The smallest absolute Gasteiger partial charge is 0.408 e. The fraction of sp³-hybridized carbons (Fsp3) is 0.882. The molecule has 1 amide bonds. The van der Waals surface area contributed by atoms with Crippen LogP contribution < -0.4 is 16.0 Å². The van der Waals surface area contributed by atoms with E-state index in [1.54, 1.807) is 0 Å². The topological polar surface area (TPSA) is 84.0 Å². The zero-order chi connectivity index (χ0) is 18.6. The Morgan fingerprint density at radius 1 is 1.08 bits per heavy atom. The molecule has 0 unspecified atom stereocenters. The summed E-state index contributed by atoms with van der Waals surface area (Å²) < 4.78 is 10.6. The van der Waals surface area contributed by atoms with Crippen LogP contribution in [-0.4, -0.2) is 56.0 Å². The molecule has 0 aliphatic carbocycles. The Kier molecular flexibility index (Phi) is 10.4. The molecule has 0 saturated heterocycles. The van der Waals surface area contributed by atoms with Gasteiger partial charge >= 0.3 is 6.09 Å². The van der Waals surface area contributed by atoms with Crippen LogP contribution in [0.15, 0.2) is 4.99 Å². The van der Waals surface area contributed by atoms with Gasteiger partial charge in [-0.25, -0.2) is 4.79 Å². The lowest BCUT2D eigenvalue weighted by Gasteiger charge is -2.27. The van der Waals surface area contributed by atoms with Gasteiger partial charge in [0.2, 0.25) is 0 Å². The van der Waals surface area contributed by atoms with Gasteiger partial charge in [0.05, 0.1) is 12.1 Å². The molecule has 7 heteroatoms. The summed E-state index contributed by atoms with van der Waals surface area (Å²) in [5.41, 5.74) is -1.02. The van der Waals surface area contributed by atoms with Crippen LogP contribution in [0.2, 0.25) is 0 Å². The van der Waals surface area contributed by atoms with Crippen LogP contribution in [0.5, 0.6) is 0 Å². The van der Waals surface area contributed by atoms with Crippen molar-refractivity contribution in [2.24, 2.45) is 4.99 Å². The molecule has 0 spiro atoms. The van der Waals surface area contributed by atoms with Crippen molar-refractivity contribution in [3.63, 3.8) is 0 Å². The third-order valence-corrected chi connectivity index (χ3v) is 2.78. The number of hydrogen-bond acceptors (Lipinski definition) is 4. The monoisotopic (exact) mass is 344 g/mol. The van der Waals surface area contributed by atoms with Crippen molar-refractivity contribution in [2.75, 3.05) is 32.8 Å². The molecule has 0 fully saturated rings. The lowest BCUT2D eigenvalue weighted by atomic mass is 10.1. The minimum Gasteiger partial charge on any atom is -0.444 e. The average Bonchev–Trinajstić information content (AvgIpc) is 2.41. The highest BCUT2D eigenvalue weighted by atomic mass is 16.6. The molecule has 142 valence electrons. The first-order valence-electron chi connectivity index (χ1n) is 8.70. The van der Waals surface area contributed by atoms with Gasteiger partial charge in [-0.15, -0.1) is 0 Å². The Labute approximate surface area is 147 Å². The maximum atomic E-state index is 11.9. The second-order valence-corrected chi connectivity index (χ2v) is 7.18. The number of alkyl carbamates (subject to hydrolysis) is 1. The Morgan fingerprint density at radius 2 is 1.75 bits per heavy atom. The van der Waals surface area contributed by atoms with Crippen LogP contribution in [-0.2, 0) is 9.47 Å². The number of hydrogen-bond donors (Lipinski definition) is 3. The summed E-state index contributed by atoms with van der Waals surface area (Å²) in [6, 6.07) is 0. The fourth-order valence-corrected chi connectivity index (χ4v) is 1.76. The number of nitrogens with zero attached hydrogens (tertiary/aromatic N) is 1. The van der Waals surface area contributed by atoms with Crippen molar-refractivity contribution >= 4 is 12.1 Å². The molecule has 0 rings (SSSR count). The van der Waals surface area contributed by atoms with Gasteiger partial charge in [-0.05, 0) is 54.9 Å². The van der Waals surface area contributed by atoms with Gasteiger partial charge in [0.25, 0.3) is 0 Å². The van der Waals surface area contributed by atoms with Crippen LogP contribution in [0.3, 0.4) is 0 Å². The zero-order valence-corrected chi connectivity index (χ0v) is 16.4. The molecular formula is C17H36N4O3. The summed E-state index contributed by atoms with van der Waals surface area (Å²) in [4.78, 5) is 16.4. The number of ether oxygens (including phenoxy) is 2. The summed E-state index contributed by atoms with van der Waals surface area (Å²) in [6.07, 6.45) is 0.482. The van der Waals surface area contributed by atoms with Gasteiger partial charge in [0, 0.05) is 26.3 Å². The number of nitrogens with one attached hydrogen (secondary N) is 3. The Bertz CT molecular complexity index is 390. The fourth-order valence-electron chi connectivity index (χ4n) is 1.76. The van der Waals surface area contributed by atoms with E-state index in [9.17, 15) is 4.79 Å². The number of carbonyl (C=O) groups is 1. The van der Waals surface area contributed by atoms with Crippen LogP contribution in [0.25, 0.3) is 0 Å². The zero-order valence-electron chi connectivity index (χ0n) is 16.4. The predicted molar refractivity (Wildman–Crippen MR) is 98.5 cm³/mol. The quantitative estimate of drug-likeness (QED) is 0.339. The predicted octanol–water partition coefficient (Wildman–Crippen LogP) is 2.27. The van der Waals surface area contributed by atoms with E-state index < -0.39 is 17.2 Å². The van der Waals surface area contributed by atoms with Crippen LogP contribution >= 0.6 is 0 Å². The molecule has 0 bridgehead atoms. The Balaban J connectivity index is 4.43. The van der Waals surface area contributed by atoms with Crippen molar-refractivity contribution in [3.05, 3.63) is 0 Å². The van der Waals surface area contributed by atoms with Crippen molar-refractivity contribution in [3.8, 4) is 0 Å². The number of aliphatic imine (C=N–C) groups is 1. The van der Waals surface area contributed by atoms with Crippen molar-refractivity contribution in [1.29, 1.82) is 0 Å². The maximum absolute atomic E-state index is 11.9. The molecule has 0 aliphatic rings. The van der Waals surface area contributed by atoms with Crippen LogP contribution in [0.1, 0.15) is 54.9 Å². The summed E-state index contributed by atoms with van der Waals surface area (Å²) in [5, 5.41) is 9.30. The van der Waals surface area contributed by atoms with E-state index in [-0.39, 0.29) is 0 Å². The van der Waals surface area contributed by atoms with Crippen LogP contribution in [0.4, 0.5) is 4.79 Å². The van der Waals surface area contributed by atoms with E-state index >= 15 is 0 Å². The molecule has 0 saturated carbocycles. The van der Waals surface area contributed by atoms with Crippen molar-refractivity contribution in [2.45, 2.75) is 66.0 Å². The molecule has 0 aliphatic heterocycles. The van der Waals surface area contributed by atoms with Gasteiger partial charge in [-0.3, -0.25) is 4.99 Å². The summed E-state index contributed by atoms with van der Waals surface area (Å²) in [7, 11) is 0. The number of amides is 1. The average molecular weight is 345 g/mol. The molecular weight excluding hydrogens is 308 g/mol. The first-order chi connectivity index (χ1) is 11.1. The number of guanidine groups is 1. The number of carbonyl (C=O) groups excluding carboxylic acids is 1. The van der Waals surface area contributed by atoms with Crippen molar-refractivity contribution < 1.29 is 14.3 Å². The summed E-state index contributed by atoms with van der Waals surface area (Å²) in [5.74, 6) is 0.730. The summed E-state index contributed by atoms with van der Waals surface area (Å²) >= 11 is 0. The van der Waals surface area contributed by atoms with Gasteiger partial charge in [0.15, 0.2) is 5.96 Å². The molecule has 7 nitrogen and oxygen atoms in total. The van der Waals surface area contributed by atoms with E-state index in [0.29, 0.717) is 6.54 Å². The number of rotatable bonds is 9. The first kappa shape index (κ1) is 22.5. The molecule has 0 radical (unpaired) electrons. The van der Waals surface area contributed by atoms with E-state index in [4.69, 9.17) is 9.47 Å². The standard InChI is InChI=1S/C17H36N4O3/c1-8-18-14(19-11-10-12-23-9-2)20-13-17(6,7)21-15(22)24-16(3,4)5/h8-13H2,1-7H3,(H,21,22)(H2,18,19,20). The van der Waals surface area contributed by atoms with Crippen LogP contribution in [0, 0.1) is 0 Å². The molecule has 24 heavy (non-hydrogen) atoms. The highest BCUT2D eigenvalue weighted by Gasteiger charge is 2.24. The van der Waals surface area contributed by atoms with E-state index in [0.717, 1.165) is 38.7 Å². The van der Waals surface area contributed by atoms with Gasteiger partial charge in [-0.2, -0.15) is 0 Å². The second kappa shape index (κ2) is 11.1. The van der Waals surface area contributed by atoms with Gasteiger partial charge in [0.1, 0.15) is 5.60 Å². The minimum absolute atomic E-state index is 0.433. The Hall–Kier alpha value is -1.50. The van der Waals surface area contributed by atoms with Gasteiger partial charge in [-0.1, -0.05) is 0 Å². The lowest BCUT2D eigenvalue weighted by Crippen LogP contribution is -2.49. The minimum atomic E-state index is -0.513. The maximum Gasteiger partial charge on any atom is 0.408 e. The van der Waals surface area contributed by atoms with E-state index in [1.165, 1.54) is 0 Å². The lowest BCUT2D eigenvalue weighted by molar-refractivity contribution is 0.0476. The first-order valence-corrected chi connectivity index (χ1v) is 8.70. The van der Waals surface area contributed by atoms with E-state index in [2.05, 4.69) is 20.9 Å².